The summed E-state index contributed by atoms with van der Waals surface area (Å²) in [6, 6.07) is 5.68. The Morgan fingerprint density at radius 2 is 1.75 bits per heavy atom. The lowest BCUT2D eigenvalue weighted by Crippen LogP contribution is -2.58. The van der Waals surface area contributed by atoms with Crippen LogP contribution in [0.3, 0.4) is 0 Å². The maximum Gasteiger partial charge on any atom is 0.237 e. The average molecular weight is 444 g/mol. The van der Waals surface area contributed by atoms with E-state index >= 15 is 0 Å². The van der Waals surface area contributed by atoms with E-state index in [1.165, 1.54) is 12.8 Å². The number of piperazine rings is 1. The summed E-state index contributed by atoms with van der Waals surface area (Å²) in [5, 5.41) is 3.17. The van der Waals surface area contributed by atoms with E-state index in [0.717, 1.165) is 43.0 Å². The summed E-state index contributed by atoms with van der Waals surface area (Å²) in [7, 11) is 0. The quantitative estimate of drug-likeness (QED) is 0.731. The van der Waals surface area contributed by atoms with Crippen LogP contribution in [0.1, 0.15) is 58.4 Å². The molecule has 1 aromatic rings. The van der Waals surface area contributed by atoms with E-state index in [2.05, 4.69) is 31.0 Å². The molecule has 2 aliphatic heterocycles. The van der Waals surface area contributed by atoms with E-state index in [-0.39, 0.29) is 30.1 Å². The number of nitrogens with zero attached hydrogens (tertiary/aromatic N) is 2. The molecule has 0 bridgehead atoms. The van der Waals surface area contributed by atoms with Crippen LogP contribution >= 0.6 is 0 Å². The van der Waals surface area contributed by atoms with Gasteiger partial charge in [0.25, 0.3) is 0 Å². The molecule has 2 amide bonds. The number of hydrogen-bond donors (Lipinski definition) is 1. The van der Waals surface area contributed by atoms with Gasteiger partial charge in [0.05, 0.1) is 6.04 Å². The first-order valence-electron chi connectivity index (χ1n) is 12.0. The molecule has 1 aromatic carbocycles. The maximum atomic E-state index is 13.4. The lowest BCUT2D eigenvalue weighted by molar-refractivity contribution is -0.136. The van der Waals surface area contributed by atoms with Gasteiger partial charge in [-0.25, -0.2) is 0 Å². The van der Waals surface area contributed by atoms with Crippen LogP contribution in [0.2, 0.25) is 0 Å². The number of nitrogens with one attached hydrogen (secondary N) is 1. The normalized spacial score (nSPS) is 20.4. The van der Waals surface area contributed by atoms with E-state index in [1.807, 2.05) is 23.1 Å². The smallest absolute Gasteiger partial charge is 0.237 e. The Bertz CT molecular complexity index is 821. The molecule has 0 radical (unpaired) electrons. The molecule has 176 valence electrons. The van der Waals surface area contributed by atoms with E-state index in [4.69, 9.17) is 9.47 Å². The third-order valence-corrected chi connectivity index (χ3v) is 6.76. The molecule has 32 heavy (non-hydrogen) atoms. The van der Waals surface area contributed by atoms with Gasteiger partial charge in [0.2, 0.25) is 18.6 Å². The molecular weight excluding hydrogens is 406 g/mol. The van der Waals surface area contributed by atoms with Gasteiger partial charge in [0, 0.05) is 39.1 Å². The Kier molecular flexibility index (Phi) is 6.93. The highest BCUT2D eigenvalue weighted by molar-refractivity contribution is 5.82. The summed E-state index contributed by atoms with van der Waals surface area (Å²) in [4.78, 5) is 30.3. The van der Waals surface area contributed by atoms with Crippen molar-refractivity contribution in [1.29, 1.82) is 0 Å². The predicted octanol–water partition coefficient (Wildman–Crippen LogP) is 3.17. The van der Waals surface area contributed by atoms with Crippen LogP contribution < -0.4 is 14.8 Å². The zero-order valence-corrected chi connectivity index (χ0v) is 19.7. The van der Waals surface area contributed by atoms with Crippen LogP contribution in [0.25, 0.3) is 0 Å². The van der Waals surface area contributed by atoms with Gasteiger partial charge in [-0.2, -0.15) is 0 Å². The van der Waals surface area contributed by atoms with Crippen molar-refractivity contribution < 1.29 is 19.1 Å². The zero-order chi connectivity index (χ0) is 22.7. The Labute approximate surface area is 191 Å². The summed E-state index contributed by atoms with van der Waals surface area (Å²) >= 11 is 0. The fourth-order valence-electron chi connectivity index (χ4n) is 5.11. The highest BCUT2D eigenvalue weighted by Gasteiger charge is 2.37. The van der Waals surface area contributed by atoms with Crippen LogP contribution in [0.5, 0.6) is 11.5 Å². The lowest BCUT2D eigenvalue weighted by atomic mass is 9.91. The van der Waals surface area contributed by atoms with Crippen molar-refractivity contribution in [3.05, 3.63) is 23.8 Å². The SMILES string of the molecule is CC(C)(C)CC(=O)N1CCN([C@H](C(=O)NCc2ccc3c(c2)OCO3)C2CCCC2)CC1. The van der Waals surface area contributed by atoms with E-state index in [9.17, 15) is 9.59 Å². The molecule has 0 aromatic heterocycles. The number of ether oxygens (including phenoxy) is 2. The number of benzene rings is 1. The van der Waals surface area contributed by atoms with Gasteiger partial charge in [-0.3, -0.25) is 14.5 Å². The molecule has 4 rings (SSSR count). The highest BCUT2D eigenvalue weighted by atomic mass is 16.7. The molecule has 0 spiro atoms. The first kappa shape index (κ1) is 22.9. The molecular formula is C25H37N3O4. The number of fused-ring (bicyclic) bond motifs is 1. The monoisotopic (exact) mass is 443 g/mol. The molecule has 2 heterocycles. The fourth-order valence-corrected chi connectivity index (χ4v) is 5.11. The van der Waals surface area contributed by atoms with E-state index < -0.39 is 0 Å². The topological polar surface area (TPSA) is 71.1 Å². The first-order valence-corrected chi connectivity index (χ1v) is 12.0. The van der Waals surface area contributed by atoms with Crippen LogP contribution in [0.4, 0.5) is 0 Å². The van der Waals surface area contributed by atoms with Gasteiger partial charge >= 0.3 is 0 Å². The molecule has 0 unspecified atom stereocenters. The Hall–Kier alpha value is -2.28. The van der Waals surface area contributed by atoms with Crippen LogP contribution in [-0.2, 0) is 16.1 Å². The Morgan fingerprint density at radius 1 is 1.06 bits per heavy atom. The van der Waals surface area contributed by atoms with E-state index in [0.29, 0.717) is 32.0 Å². The van der Waals surface area contributed by atoms with Crippen molar-refractivity contribution in [1.82, 2.24) is 15.1 Å². The van der Waals surface area contributed by atoms with Crippen molar-refractivity contribution in [2.24, 2.45) is 11.3 Å². The molecule has 1 saturated heterocycles. The summed E-state index contributed by atoms with van der Waals surface area (Å²) in [6.45, 7) is 9.94. The van der Waals surface area contributed by atoms with Crippen molar-refractivity contribution in [3.63, 3.8) is 0 Å². The number of carbonyl (C=O) groups excluding carboxylic acids is 2. The van der Waals surface area contributed by atoms with Gasteiger partial charge in [-0.1, -0.05) is 39.7 Å². The standard InChI is InChI=1S/C25H37N3O4/c1-25(2,3)15-22(29)27-10-12-28(13-11-27)23(19-6-4-5-7-19)24(30)26-16-18-8-9-20-21(14-18)32-17-31-20/h8-9,14,19,23H,4-7,10-13,15-17H2,1-3H3,(H,26,30)/t23-/m0/s1. The van der Waals surface area contributed by atoms with Crippen LogP contribution in [-0.4, -0.2) is 60.6 Å². The summed E-state index contributed by atoms with van der Waals surface area (Å²) in [5.74, 6) is 2.21. The van der Waals surface area contributed by atoms with Gasteiger partial charge in [0.15, 0.2) is 11.5 Å². The van der Waals surface area contributed by atoms with Crippen LogP contribution in [0, 0.1) is 11.3 Å². The molecule has 1 aliphatic carbocycles. The van der Waals surface area contributed by atoms with Gasteiger partial charge < -0.3 is 19.7 Å². The molecule has 7 nitrogen and oxygen atoms in total. The molecule has 1 saturated carbocycles. The fraction of sp³-hybridized carbons (Fsp3) is 0.680. The average Bonchev–Trinajstić information content (AvgIpc) is 3.43. The molecule has 1 atom stereocenters. The zero-order valence-electron chi connectivity index (χ0n) is 19.7. The molecule has 3 aliphatic rings. The summed E-state index contributed by atoms with van der Waals surface area (Å²) < 4.78 is 10.8. The van der Waals surface area contributed by atoms with E-state index in [1.54, 1.807) is 0 Å². The first-order chi connectivity index (χ1) is 15.3. The predicted molar refractivity (Wildman–Crippen MR) is 122 cm³/mol. The third kappa shape index (κ3) is 5.55. The minimum absolute atomic E-state index is 0.00475. The Morgan fingerprint density at radius 3 is 2.44 bits per heavy atom. The largest absolute Gasteiger partial charge is 0.454 e. The third-order valence-electron chi connectivity index (χ3n) is 6.76. The van der Waals surface area contributed by atoms with Crippen molar-refractivity contribution >= 4 is 11.8 Å². The second-order valence-corrected chi connectivity index (χ2v) is 10.5. The molecule has 1 N–H and O–H groups in total. The minimum atomic E-state index is -0.119. The van der Waals surface area contributed by atoms with Crippen molar-refractivity contribution in [3.8, 4) is 11.5 Å². The summed E-state index contributed by atoms with van der Waals surface area (Å²) in [6.07, 6.45) is 5.16. The van der Waals surface area contributed by atoms with Gasteiger partial charge in [0.1, 0.15) is 0 Å². The summed E-state index contributed by atoms with van der Waals surface area (Å²) in [5.41, 5.74) is 1.00. The molecule has 2 fully saturated rings. The second-order valence-electron chi connectivity index (χ2n) is 10.5. The van der Waals surface area contributed by atoms with Gasteiger partial charge in [-0.05, 0) is 41.9 Å². The number of carbonyl (C=O) groups is 2. The maximum absolute atomic E-state index is 13.4. The molecule has 7 heteroatoms. The second kappa shape index (κ2) is 9.69. The highest BCUT2D eigenvalue weighted by Crippen LogP contribution is 2.33. The Balaban J connectivity index is 1.36. The number of amides is 2. The lowest BCUT2D eigenvalue weighted by Gasteiger charge is -2.41. The number of rotatable bonds is 6. The van der Waals surface area contributed by atoms with Crippen molar-refractivity contribution in [2.75, 3.05) is 33.0 Å². The minimum Gasteiger partial charge on any atom is -0.454 e. The van der Waals surface area contributed by atoms with Crippen LogP contribution in [0.15, 0.2) is 18.2 Å². The van der Waals surface area contributed by atoms with Crippen molar-refractivity contribution in [2.45, 2.75) is 65.5 Å². The number of hydrogen-bond acceptors (Lipinski definition) is 5. The van der Waals surface area contributed by atoms with Gasteiger partial charge in [-0.15, -0.1) is 0 Å².